The van der Waals surface area contributed by atoms with E-state index in [4.69, 9.17) is 16.3 Å². The number of hydrogen-bond donors (Lipinski definition) is 1. The monoisotopic (exact) mass is 313 g/mol. The molecular weight excluding hydrogens is 298 g/mol. The summed E-state index contributed by atoms with van der Waals surface area (Å²) in [5.41, 5.74) is 0.618. The Kier molecular flexibility index (Phi) is 6.55. The Labute approximate surface area is 127 Å². The van der Waals surface area contributed by atoms with Crippen LogP contribution in [0.1, 0.15) is 5.56 Å². The van der Waals surface area contributed by atoms with Gasteiger partial charge in [0.25, 0.3) is 0 Å². The van der Waals surface area contributed by atoms with Crippen molar-refractivity contribution in [2.45, 2.75) is 6.54 Å². The van der Waals surface area contributed by atoms with Crippen LogP contribution in [-0.2, 0) is 25.6 Å². The number of carbonyl (C=O) groups excluding carboxylic acids is 2. The maximum Gasteiger partial charge on any atom is 0.355 e. The second kappa shape index (κ2) is 8.16. The van der Waals surface area contributed by atoms with E-state index in [1.54, 1.807) is 6.07 Å². The van der Waals surface area contributed by atoms with Gasteiger partial charge in [-0.25, -0.2) is 9.59 Å². The number of esters is 2. The normalized spacial score (nSPS) is 11.2. The first-order chi connectivity index (χ1) is 10.0. The van der Waals surface area contributed by atoms with E-state index in [-0.39, 0.29) is 17.3 Å². The Morgan fingerprint density at radius 3 is 2.29 bits per heavy atom. The Morgan fingerprint density at radius 2 is 1.71 bits per heavy atom. The number of rotatable bonds is 6. The SMILES string of the molecule is COC(=O)/C(Cl)=C(\NCc1ccccc1OC)C(=O)OC. The molecule has 0 spiro atoms. The van der Waals surface area contributed by atoms with Gasteiger partial charge in [0.1, 0.15) is 11.4 Å². The number of methoxy groups -OCH3 is 3. The number of halogens is 1. The molecule has 0 bridgehead atoms. The minimum Gasteiger partial charge on any atom is -0.496 e. The van der Waals surface area contributed by atoms with Gasteiger partial charge >= 0.3 is 11.9 Å². The van der Waals surface area contributed by atoms with Crippen LogP contribution in [0.25, 0.3) is 0 Å². The van der Waals surface area contributed by atoms with Crippen molar-refractivity contribution in [2.24, 2.45) is 0 Å². The van der Waals surface area contributed by atoms with Gasteiger partial charge in [-0.15, -0.1) is 0 Å². The third-order valence-electron chi connectivity index (χ3n) is 2.62. The molecule has 1 rings (SSSR count). The van der Waals surface area contributed by atoms with Crippen LogP contribution in [0.3, 0.4) is 0 Å². The summed E-state index contributed by atoms with van der Waals surface area (Å²) in [5.74, 6) is -0.951. The second-order valence-corrected chi connectivity index (χ2v) is 4.22. The van der Waals surface area contributed by atoms with E-state index in [1.165, 1.54) is 21.3 Å². The van der Waals surface area contributed by atoms with E-state index in [0.717, 1.165) is 5.56 Å². The predicted octanol–water partition coefficient (Wildman–Crippen LogP) is 1.58. The maximum atomic E-state index is 11.7. The highest BCUT2D eigenvalue weighted by Gasteiger charge is 2.21. The molecule has 0 heterocycles. The van der Waals surface area contributed by atoms with Gasteiger partial charge in [0.05, 0.1) is 21.3 Å². The number of ether oxygens (including phenoxy) is 3. The summed E-state index contributed by atoms with van der Waals surface area (Å²) >= 11 is 5.82. The Bertz CT molecular complexity index is 556. The molecule has 0 amide bonds. The van der Waals surface area contributed by atoms with Gasteiger partial charge in [-0.1, -0.05) is 29.8 Å². The summed E-state index contributed by atoms with van der Waals surface area (Å²) in [4.78, 5) is 23.1. The molecule has 6 nitrogen and oxygen atoms in total. The van der Waals surface area contributed by atoms with Gasteiger partial charge in [-0.05, 0) is 6.07 Å². The van der Waals surface area contributed by atoms with Crippen LogP contribution in [0.2, 0.25) is 0 Å². The fourth-order valence-corrected chi connectivity index (χ4v) is 1.79. The van der Waals surface area contributed by atoms with Crippen molar-refractivity contribution in [1.82, 2.24) is 5.32 Å². The van der Waals surface area contributed by atoms with Crippen LogP contribution < -0.4 is 10.1 Å². The zero-order valence-electron chi connectivity index (χ0n) is 11.9. The van der Waals surface area contributed by atoms with Crippen LogP contribution in [0.4, 0.5) is 0 Å². The molecule has 21 heavy (non-hydrogen) atoms. The van der Waals surface area contributed by atoms with E-state index in [0.29, 0.717) is 5.75 Å². The third kappa shape index (κ3) is 4.39. The molecule has 0 aliphatic heterocycles. The number of carbonyl (C=O) groups is 2. The molecule has 1 N–H and O–H groups in total. The first-order valence-corrected chi connectivity index (χ1v) is 6.35. The van der Waals surface area contributed by atoms with Crippen LogP contribution in [-0.4, -0.2) is 33.3 Å². The standard InChI is InChI=1S/C14H16ClNO5/c1-19-10-7-5-4-6-9(10)8-16-12(14(18)21-3)11(15)13(17)20-2/h4-7,16H,8H2,1-3H3/b12-11+. The van der Waals surface area contributed by atoms with Gasteiger partial charge < -0.3 is 19.5 Å². The lowest BCUT2D eigenvalue weighted by molar-refractivity contribution is -0.139. The topological polar surface area (TPSA) is 73.9 Å². The molecule has 114 valence electrons. The summed E-state index contributed by atoms with van der Waals surface area (Å²) in [6.07, 6.45) is 0. The van der Waals surface area contributed by atoms with Crippen LogP contribution in [0.5, 0.6) is 5.75 Å². The van der Waals surface area contributed by atoms with E-state index < -0.39 is 11.9 Å². The molecule has 0 radical (unpaired) electrons. The Morgan fingerprint density at radius 1 is 1.10 bits per heavy atom. The summed E-state index contributed by atoms with van der Waals surface area (Å²) in [6.45, 7) is 0.224. The molecule has 0 saturated carbocycles. The summed E-state index contributed by atoms with van der Waals surface area (Å²) in [6, 6.07) is 7.23. The molecule has 7 heteroatoms. The highest BCUT2D eigenvalue weighted by atomic mass is 35.5. The zero-order valence-corrected chi connectivity index (χ0v) is 12.7. The number of benzene rings is 1. The van der Waals surface area contributed by atoms with Crippen molar-refractivity contribution in [3.63, 3.8) is 0 Å². The van der Waals surface area contributed by atoms with Gasteiger partial charge in [-0.2, -0.15) is 0 Å². The molecule has 1 aromatic carbocycles. The van der Waals surface area contributed by atoms with Crippen LogP contribution in [0, 0.1) is 0 Å². The van der Waals surface area contributed by atoms with E-state index in [9.17, 15) is 9.59 Å². The van der Waals surface area contributed by atoms with Gasteiger partial charge in [0, 0.05) is 12.1 Å². The smallest absolute Gasteiger partial charge is 0.355 e. The van der Waals surface area contributed by atoms with Crippen molar-refractivity contribution in [2.75, 3.05) is 21.3 Å². The third-order valence-corrected chi connectivity index (χ3v) is 2.97. The molecular formula is C14H16ClNO5. The first-order valence-electron chi connectivity index (χ1n) is 5.97. The van der Waals surface area contributed by atoms with Crippen molar-refractivity contribution < 1.29 is 23.8 Å². The lowest BCUT2D eigenvalue weighted by atomic mass is 10.2. The molecule has 0 aliphatic rings. The number of para-hydroxylation sites is 1. The van der Waals surface area contributed by atoms with Crippen LogP contribution in [0.15, 0.2) is 35.0 Å². The number of nitrogens with one attached hydrogen (secondary N) is 1. The molecule has 0 fully saturated rings. The molecule has 1 aromatic rings. The van der Waals surface area contributed by atoms with Crippen molar-refractivity contribution in [3.8, 4) is 5.75 Å². The summed E-state index contributed by atoms with van der Waals surface area (Å²) in [7, 11) is 3.89. The minimum atomic E-state index is -0.829. The van der Waals surface area contributed by atoms with E-state index in [2.05, 4.69) is 14.8 Å². The van der Waals surface area contributed by atoms with Crippen molar-refractivity contribution in [1.29, 1.82) is 0 Å². The van der Waals surface area contributed by atoms with E-state index >= 15 is 0 Å². The average molecular weight is 314 g/mol. The molecule has 0 aromatic heterocycles. The lowest BCUT2D eigenvalue weighted by Crippen LogP contribution is -2.25. The van der Waals surface area contributed by atoms with Crippen molar-refractivity contribution >= 4 is 23.5 Å². The molecule has 0 unspecified atom stereocenters. The minimum absolute atomic E-state index is 0.170. The van der Waals surface area contributed by atoms with Gasteiger partial charge in [0.2, 0.25) is 0 Å². The molecule has 0 atom stereocenters. The predicted molar refractivity (Wildman–Crippen MR) is 76.7 cm³/mol. The maximum absolute atomic E-state index is 11.7. The fourth-order valence-electron chi connectivity index (χ4n) is 1.57. The van der Waals surface area contributed by atoms with Crippen LogP contribution >= 0.6 is 11.6 Å². The molecule has 0 aliphatic carbocycles. The Balaban J connectivity index is 2.98. The van der Waals surface area contributed by atoms with Gasteiger partial charge in [0.15, 0.2) is 5.03 Å². The summed E-state index contributed by atoms with van der Waals surface area (Å²) < 4.78 is 14.3. The summed E-state index contributed by atoms with van der Waals surface area (Å²) in [5, 5.41) is 2.39. The zero-order chi connectivity index (χ0) is 15.8. The van der Waals surface area contributed by atoms with E-state index in [1.807, 2.05) is 18.2 Å². The quantitative estimate of drug-likeness (QED) is 0.635. The molecule has 0 saturated heterocycles. The fraction of sp³-hybridized carbons (Fsp3) is 0.286. The van der Waals surface area contributed by atoms with Gasteiger partial charge in [-0.3, -0.25) is 0 Å². The largest absolute Gasteiger partial charge is 0.496 e. The highest BCUT2D eigenvalue weighted by Crippen LogP contribution is 2.18. The van der Waals surface area contributed by atoms with Crippen molar-refractivity contribution in [3.05, 3.63) is 40.6 Å². The Hall–Kier alpha value is -2.21. The second-order valence-electron chi connectivity index (χ2n) is 3.84. The highest BCUT2D eigenvalue weighted by molar-refractivity contribution is 6.43. The average Bonchev–Trinajstić information content (AvgIpc) is 2.53. The first kappa shape index (κ1) is 16.8. The lowest BCUT2D eigenvalue weighted by Gasteiger charge is -2.13. The number of hydrogen-bond acceptors (Lipinski definition) is 6.